The minimum Gasteiger partial charge on any atom is -0.452 e. The minimum absolute atomic E-state index is 0.0449. The van der Waals surface area contributed by atoms with E-state index in [1.54, 1.807) is 13.8 Å². The van der Waals surface area contributed by atoms with Crippen LogP contribution in [-0.2, 0) is 26.0 Å². The number of rotatable bonds is 10. The summed E-state index contributed by atoms with van der Waals surface area (Å²) in [7, 11) is -3.76. The van der Waals surface area contributed by atoms with Gasteiger partial charge >= 0.3 is 5.97 Å². The first-order valence-electron chi connectivity index (χ1n) is 9.98. The van der Waals surface area contributed by atoms with E-state index in [4.69, 9.17) is 16.3 Å². The lowest BCUT2D eigenvalue weighted by Crippen LogP contribution is -2.31. The Hall–Kier alpha value is -2.42. The fourth-order valence-corrected chi connectivity index (χ4v) is 4.70. The molecular weight excluding hydrogens is 440 g/mol. The molecule has 9 heteroatoms. The molecule has 31 heavy (non-hydrogen) atoms. The first-order chi connectivity index (χ1) is 14.7. The highest BCUT2D eigenvalue weighted by atomic mass is 35.5. The Labute approximate surface area is 188 Å². The summed E-state index contributed by atoms with van der Waals surface area (Å²) in [6.45, 7) is 5.95. The number of carbonyl (C=O) groups is 2. The van der Waals surface area contributed by atoms with Crippen LogP contribution in [0.3, 0.4) is 0 Å². The van der Waals surface area contributed by atoms with Crippen LogP contribution in [0.4, 0.5) is 0 Å². The average molecular weight is 467 g/mol. The van der Waals surface area contributed by atoms with Crippen molar-refractivity contribution in [2.75, 3.05) is 26.2 Å². The lowest BCUT2D eigenvalue weighted by molar-refractivity contribution is -0.124. The van der Waals surface area contributed by atoms with Crippen LogP contribution in [0.5, 0.6) is 0 Å². The van der Waals surface area contributed by atoms with Crippen molar-refractivity contribution in [3.63, 3.8) is 0 Å². The second-order valence-corrected chi connectivity index (χ2v) is 9.18. The summed E-state index contributed by atoms with van der Waals surface area (Å²) in [6, 6.07) is 11.7. The summed E-state index contributed by atoms with van der Waals surface area (Å²) in [5.74, 6) is -1.32. The highest BCUT2D eigenvalue weighted by Gasteiger charge is 2.24. The number of nitrogens with one attached hydrogen (secondary N) is 1. The molecular formula is C22H27ClN2O5S. The van der Waals surface area contributed by atoms with Crippen molar-refractivity contribution in [1.29, 1.82) is 0 Å². The number of carbonyl (C=O) groups excluding carboxylic acids is 2. The Kier molecular flexibility index (Phi) is 9.03. The fourth-order valence-electron chi connectivity index (χ4n) is 3.02. The Bertz CT molecular complexity index is 1040. The van der Waals surface area contributed by atoms with Gasteiger partial charge in [0.1, 0.15) is 0 Å². The predicted molar refractivity (Wildman–Crippen MR) is 120 cm³/mol. The zero-order valence-electron chi connectivity index (χ0n) is 17.9. The third-order valence-electron chi connectivity index (χ3n) is 4.81. The van der Waals surface area contributed by atoms with Gasteiger partial charge in [-0.2, -0.15) is 4.31 Å². The topological polar surface area (TPSA) is 92.8 Å². The van der Waals surface area contributed by atoms with Gasteiger partial charge in [0.05, 0.1) is 15.5 Å². The first-order valence-corrected chi connectivity index (χ1v) is 11.8. The van der Waals surface area contributed by atoms with E-state index in [0.29, 0.717) is 26.1 Å². The van der Waals surface area contributed by atoms with E-state index in [2.05, 4.69) is 5.32 Å². The van der Waals surface area contributed by atoms with Crippen molar-refractivity contribution in [2.45, 2.75) is 32.1 Å². The molecule has 0 heterocycles. The van der Waals surface area contributed by atoms with E-state index in [9.17, 15) is 18.0 Å². The fraction of sp³-hybridized carbons (Fsp3) is 0.364. The second kappa shape index (κ2) is 11.3. The maximum atomic E-state index is 12.7. The molecule has 168 valence electrons. The van der Waals surface area contributed by atoms with E-state index < -0.39 is 28.5 Å². The molecule has 0 radical (unpaired) electrons. The minimum atomic E-state index is -3.76. The third kappa shape index (κ3) is 6.53. The summed E-state index contributed by atoms with van der Waals surface area (Å²) in [6.07, 6.45) is 0.656. The summed E-state index contributed by atoms with van der Waals surface area (Å²) in [5.41, 5.74) is 2.15. The van der Waals surface area contributed by atoms with Crippen molar-refractivity contribution < 1.29 is 22.7 Å². The number of halogens is 1. The Morgan fingerprint density at radius 3 is 2.42 bits per heavy atom. The molecule has 0 saturated carbocycles. The van der Waals surface area contributed by atoms with Crippen molar-refractivity contribution in [3.05, 3.63) is 64.2 Å². The van der Waals surface area contributed by atoms with E-state index in [0.717, 1.165) is 11.1 Å². The van der Waals surface area contributed by atoms with Crippen LogP contribution >= 0.6 is 11.6 Å². The molecule has 1 N–H and O–H groups in total. The Balaban J connectivity index is 1.97. The number of nitrogens with zero attached hydrogens (tertiary/aromatic N) is 1. The summed E-state index contributed by atoms with van der Waals surface area (Å²) in [4.78, 5) is 24.4. The number of aryl methyl sites for hydroxylation is 1. The number of amides is 1. The number of sulfonamides is 1. The number of hydrogen-bond acceptors (Lipinski definition) is 5. The molecule has 0 aromatic heterocycles. The molecule has 2 aromatic rings. The molecule has 2 aromatic carbocycles. The maximum Gasteiger partial charge on any atom is 0.340 e. The number of benzene rings is 2. The molecule has 0 fully saturated rings. The molecule has 0 bridgehead atoms. The molecule has 0 aliphatic heterocycles. The van der Waals surface area contributed by atoms with Crippen LogP contribution in [0.15, 0.2) is 47.4 Å². The zero-order chi connectivity index (χ0) is 23.0. The monoisotopic (exact) mass is 466 g/mol. The van der Waals surface area contributed by atoms with Gasteiger partial charge in [-0.25, -0.2) is 13.2 Å². The highest BCUT2D eigenvalue weighted by molar-refractivity contribution is 7.89. The molecule has 7 nitrogen and oxygen atoms in total. The largest absolute Gasteiger partial charge is 0.452 e. The van der Waals surface area contributed by atoms with E-state index in [1.165, 1.54) is 22.5 Å². The van der Waals surface area contributed by atoms with Crippen molar-refractivity contribution in [1.82, 2.24) is 9.62 Å². The number of hydrogen-bond donors (Lipinski definition) is 1. The van der Waals surface area contributed by atoms with Gasteiger partial charge < -0.3 is 10.1 Å². The van der Waals surface area contributed by atoms with Crippen LogP contribution in [0.25, 0.3) is 0 Å². The average Bonchev–Trinajstić information content (AvgIpc) is 2.74. The van der Waals surface area contributed by atoms with E-state index in [1.807, 2.05) is 31.2 Å². The Morgan fingerprint density at radius 2 is 1.77 bits per heavy atom. The molecule has 0 spiro atoms. The normalized spacial score (nSPS) is 11.4. The number of esters is 1. The lowest BCUT2D eigenvalue weighted by atomic mass is 10.1. The standard InChI is InChI=1S/C22H27ClN2O5S/c1-4-25(5-2)31(28,29)18-10-11-20(23)19(14-18)22(27)30-15-21(26)24-13-12-17-9-7-6-8-16(17)3/h6-11,14H,4-5,12-13,15H2,1-3H3,(H,24,26). The number of ether oxygens (including phenoxy) is 1. The molecule has 2 rings (SSSR count). The van der Waals surface area contributed by atoms with Gasteiger partial charge in [-0.05, 0) is 42.7 Å². The van der Waals surface area contributed by atoms with Crippen molar-refractivity contribution in [3.8, 4) is 0 Å². The van der Waals surface area contributed by atoms with E-state index in [-0.39, 0.29) is 15.5 Å². The van der Waals surface area contributed by atoms with Gasteiger partial charge in [-0.15, -0.1) is 0 Å². The maximum absolute atomic E-state index is 12.7. The van der Waals surface area contributed by atoms with Gasteiger partial charge in [-0.3, -0.25) is 4.79 Å². The van der Waals surface area contributed by atoms with Crippen LogP contribution in [0, 0.1) is 6.92 Å². The van der Waals surface area contributed by atoms with Gasteiger partial charge in [0, 0.05) is 19.6 Å². The smallest absolute Gasteiger partial charge is 0.340 e. The van der Waals surface area contributed by atoms with Crippen molar-refractivity contribution >= 4 is 33.5 Å². The van der Waals surface area contributed by atoms with Crippen LogP contribution in [-0.4, -0.2) is 50.8 Å². The van der Waals surface area contributed by atoms with Crippen LogP contribution in [0.1, 0.15) is 35.3 Å². The molecule has 1 amide bonds. The van der Waals surface area contributed by atoms with Gasteiger partial charge in [0.2, 0.25) is 10.0 Å². The SMILES string of the molecule is CCN(CC)S(=O)(=O)c1ccc(Cl)c(C(=O)OCC(=O)NCCc2ccccc2C)c1. The third-order valence-corrected chi connectivity index (χ3v) is 7.19. The van der Waals surface area contributed by atoms with Gasteiger partial charge in [0.15, 0.2) is 6.61 Å². The van der Waals surface area contributed by atoms with Gasteiger partial charge in [0.25, 0.3) is 5.91 Å². The van der Waals surface area contributed by atoms with Crippen molar-refractivity contribution in [2.24, 2.45) is 0 Å². The van der Waals surface area contributed by atoms with Crippen LogP contribution < -0.4 is 5.32 Å². The van der Waals surface area contributed by atoms with E-state index >= 15 is 0 Å². The van der Waals surface area contributed by atoms with Gasteiger partial charge in [-0.1, -0.05) is 49.7 Å². The highest BCUT2D eigenvalue weighted by Crippen LogP contribution is 2.23. The summed E-state index contributed by atoms with van der Waals surface area (Å²) < 4.78 is 31.7. The quantitative estimate of drug-likeness (QED) is 0.543. The Morgan fingerprint density at radius 1 is 1.10 bits per heavy atom. The summed E-state index contributed by atoms with van der Waals surface area (Å²) in [5, 5.41) is 2.74. The molecule has 0 atom stereocenters. The summed E-state index contributed by atoms with van der Waals surface area (Å²) >= 11 is 6.06. The predicted octanol–water partition coefficient (Wildman–Crippen LogP) is 3.19. The lowest BCUT2D eigenvalue weighted by Gasteiger charge is -2.19. The molecule has 0 aliphatic rings. The molecule has 0 unspecified atom stereocenters. The first kappa shape index (κ1) is 24.8. The molecule has 0 saturated heterocycles. The molecule has 0 aliphatic carbocycles. The van der Waals surface area contributed by atoms with Crippen LogP contribution in [0.2, 0.25) is 5.02 Å². The second-order valence-electron chi connectivity index (χ2n) is 6.83. The zero-order valence-corrected chi connectivity index (χ0v) is 19.4.